The molecule has 1 aliphatic carbocycles. The molecule has 26 heavy (non-hydrogen) atoms. The van der Waals surface area contributed by atoms with E-state index in [9.17, 15) is 9.59 Å². The van der Waals surface area contributed by atoms with Gasteiger partial charge in [0.05, 0.1) is 28.0 Å². The lowest BCUT2D eigenvalue weighted by atomic mass is 9.86. The van der Waals surface area contributed by atoms with Gasteiger partial charge in [0.2, 0.25) is 0 Å². The van der Waals surface area contributed by atoms with Gasteiger partial charge >= 0.3 is 5.97 Å². The summed E-state index contributed by atoms with van der Waals surface area (Å²) < 4.78 is 5.17. The van der Waals surface area contributed by atoms with Crippen LogP contribution in [-0.2, 0) is 9.53 Å². The molecule has 2 aromatic rings. The minimum absolute atomic E-state index is 0.178. The Morgan fingerprint density at radius 1 is 1.12 bits per heavy atom. The van der Waals surface area contributed by atoms with Crippen molar-refractivity contribution in [1.29, 1.82) is 0 Å². The number of benzene rings is 1. The highest BCUT2D eigenvalue weighted by atomic mass is 16.5. The van der Waals surface area contributed by atoms with Crippen molar-refractivity contribution in [2.24, 2.45) is 5.92 Å². The zero-order chi connectivity index (χ0) is 18.7. The second-order valence-electron chi connectivity index (χ2n) is 7.11. The number of rotatable bonds is 4. The van der Waals surface area contributed by atoms with Crippen molar-refractivity contribution < 1.29 is 14.3 Å². The lowest BCUT2D eigenvalue weighted by molar-refractivity contribution is -0.125. The van der Waals surface area contributed by atoms with E-state index in [0.717, 1.165) is 36.2 Å². The Morgan fingerprint density at radius 2 is 1.81 bits per heavy atom. The minimum atomic E-state index is -0.529. The van der Waals surface area contributed by atoms with E-state index in [2.05, 4.69) is 22.2 Å². The van der Waals surface area contributed by atoms with Gasteiger partial charge in [0.25, 0.3) is 5.91 Å². The predicted molar refractivity (Wildman–Crippen MR) is 98.9 cm³/mol. The van der Waals surface area contributed by atoms with Gasteiger partial charge in [-0.25, -0.2) is 14.8 Å². The minimum Gasteiger partial charge on any atom is -0.452 e. The quantitative estimate of drug-likeness (QED) is 0.852. The third kappa shape index (κ3) is 4.18. The first kappa shape index (κ1) is 18.3. The monoisotopic (exact) mass is 355 g/mol. The zero-order valence-corrected chi connectivity index (χ0v) is 15.5. The van der Waals surface area contributed by atoms with Gasteiger partial charge < -0.3 is 10.1 Å². The molecule has 0 saturated heterocycles. The molecule has 1 fully saturated rings. The molecule has 0 bridgehead atoms. The molecule has 1 aromatic carbocycles. The van der Waals surface area contributed by atoms with Crippen molar-refractivity contribution in [2.75, 3.05) is 6.61 Å². The summed E-state index contributed by atoms with van der Waals surface area (Å²) in [6, 6.07) is 5.22. The Bertz CT molecular complexity index is 834. The summed E-state index contributed by atoms with van der Waals surface area (Å²) in [5, 5.41) is 2.98. The lowest BCUT2D eigenvalue weighted by Crippen LogP contribution is -2.42. The van der Waals surface area contributed by atoms with E-state index in [0.29, 0.717) is 17.0 Å². The van der Waals surface area contributed by atoms with Crippen molar-refractivity contribution in [1.82, 2.24) is 15.3 Å². The van der Waals surface area contributed by atoms with Crippen molar-refractivity contribution >= 4 is 22.9 Å². The van der Waals surface area contributed by atoms with E-state index in [1.807, 2.05) is 13.8 Å². The molecule has 1 aromatic heterocycles. The van der Waals surface area contributed by atoms with Crippen LogP contribution in [0.4, 0.5) is 0 Å². The molecule has 138 valence electrons. The highest BCUT2D eigenvalue weighted by Crippen LogP contribution is 2.23. The van der Waals surface area contributed by atoms with E-state index >= 15 is 0 Å². The number of amides is 1. The Balaban J connectivity index is 1.60. The van der Waals surface area contributed by atoms with Crippen LogP contribution in [0, 0.1) is 19.8 Å². The average molecular weight is 355 g/mol. The second-order valence-corrected chi connectivity index (χ2v) is 7.11. The Kier molecular flexibility index (Phi) is 5.49. The van der Waals surface area contributed by atoms with Crippen LogP contribution in [0.1, 0.15) is 54.4 Å². The van der Waals surface area contributed by atoms with Crippen LogP contribution in [0.5, 0.6) is 0 Å². The molecule has 0 radical (unpaired) electrons. The molecule has 1 heterocycles. The van der Waals surface area contributed by atoms with E-state index in [1.165, 1.54) is 6.42 Å². The number of nitrogens with zero attached hydrogens (tertiary/aromatic N) is 2. The van der Waals surface area contributed by atoms with Crippen molar-refractivity contribution in [3.05, 3.63) is 35.2 Å². The normalized spacial score (nSPS) is 20.0. The van der Waals surface area contributed by atoms with Crippen molar-refractivity contribution in [2.45, 2.75) is 52.5 Å². The van der Waals surface area contributed by atoms with Crippen LogP contribution in [0.3, 0.4) is 0 Å². The lowest BCUT2D eigenvalue weighted by Gasteiger charge is -2.29. The molecule has 1 aliphatic rings. The molecule has 1 amide bonds. The van der Waals surface area contributed by atoms with Crippen LogP contribution >= 0.6 is 0 Å². The second kappa shape index (κ2) is 7.81. The first-order chi connectivity index (χ1) is 12.4. The van der Waals surface area contributed by atoms with E-state index in [4.69, 9.17) is 4.74 Å². The average Bonchev–Trinajstić information content (AvgIpc) is 2.62. The van der Waals surface area contributed by atoms with Gasteiger partial charge in [0.1, 0.15) is 0 Å². The molecule has 3 rings (SSSR count). The molecule has 1 N–H and O–H groups in total. The molecule has 6 heteroatoms. The number of aromatic nitrogens is 2. The number of nitrogens with one attached hydrogen (secondary N) is 1. The number of aryl methyl sites for hydroxylation is 2. The molecule has 2 atom stereocenters. The fraction of sp³-hybridized carbons (Fsp3) is 0.500. The largest absolute Gasteiger partial charge is 0.452 e. The molecular formula is C20H25N3O3. The van der Waals surface area contributed by atoms with Crippen LogP contribution in [0.25, 0.3) is 11.0 Å². The third-order valence-corrected chi connectivity index (χ3v) is 5.10. The van der Waals surface area contributed by atoms with Gasteiger partial charge in [-0.1, -0.05) is 19.8 Å². The molecule has 6 nitrogen and oxygen atoms in total. The highest BCUT2D eigenvalue weighted by Gasteiger charge is 2.23. The van der Waals surface area contributed by atoms with E-state index in [1.54, 1.807) is 18.2 Å². The first-order valence-electron chi connectivity index (χ1n) is 9.15. The SMILES string of the molecule is Cc1nc2ccc(C(=O)OCC(=O)NC3CCCCC3C)cc2nc1C. The van der Waals surface area contributed by atoms with E-state index < -0.39 is 5.97 Å². The van der Waals surface area contributed by atoms with Crippen molar-refractivity contribution in [3.63, 3.8) is 0 Å². The maximum Gasteiger partial charge on any atom is 0.338 e. The predicted octanol–water partition coefficient (Wildman–Crippen LogP) is 3.10. The third-order valence-electron chi connectivity index (χ3n) is 5.10. The number of hydrogen-bond donors (Lipinski definition) is 1. The smallest absolute Gasteiger partial charge is 0.338 e. The van der Waals surface area contributed by atoms with Gasteiger partial charge in [-0.3, -0.25) is 4.79 Å². The Hall–Kier alpha value is -2.50. The number of ether oxygens (including phenoxy) is 1. The van der Waals surface area contributed by atoms with Crippen LogP contribution in [-0.4, -0.2) is 34.5 Å². The van der Waals surface area contributed by atoms with Gasteiger partial charge in [0.15, 0.2) is 6.61 Å². The zero-order valence-electron chi connectivity index (χ0n) is 15.5. The standard InChI is InChI=1S/C20H25N3O3/c1-12-6-4-5-7-16(12)23-19(24)11-26-20(25)15-8-9-17-18(10-15)22-14(3)13(2)21-17/h8-10,12,16H,4-7,11H2,1-3H3,(H,23,24). The molecule has 0 spiro atoms. The maximum absolute atomic E-state index is 12.3. The highest BCUT2D eigenvalue weighted by molar-refractivity contribution is 5.94. The fourth-order valence-electron chi connectivity index (χ4n) is 3.35. The van der Waals surface area contributed by atoms with Gasteiger partial charge in [-0.05, 0) is 50.8 Å². The summed E-state index contributed by atoms with van der Waals surface area (Å²) >= 11 is 0. The maximum atomic E-state index is 12.3. The summed E-state index contributed by atoms with van der Waals surface area (Å²) in [6.07, 6.45) is 4.46. The van der Waals surface area contributed by atoms with Gasteiger partial charge in [-0.2, -0.15) is 0 Å². The summed E-state index contributed by atoms with van der Waals surface area (Å²) in [7, 11) is 0. The number of carbonyl (C=O) groups is 2. The molecular weight excluding hydrogens is 330 g/mol. The number of hydrogen-bond acceptors (Lipinski definition) is 5. The fourth-order valence-corrected chi connectivity index (χ4v) is 3.35. The molecule has 1 saturated carbocycles. The number of carbonyl (C=O) groups excluding carboxylic acids is 2. The Morgan fingerprint density at radius 3 is 2.54 bits per heavy atom. The summed E-state index contributed by atoms with van der Waals surface area (Å²) in [6.45, 7) is 5.66. The first-order valence-corrected chi connectivity index (χ1v) is 9.15. The van der Waals surface area contributed by atoms with Crippen LogP contribution in [0.15, 0.2) is 18.2 Å². The summed E-state index contributed by atoms with van der Waals surface area (Å²) in [5.41, 5.74) is 3.43. The molecule has 2 unspecified atom stereocenters. The number of fused-ring (bicyclic) bond motifs is 1. The summed E-state index contributed by atoms with van der Waals surface area (Å²) in [4.78, 5) is 33.2. The van der Waals surface area contributed by atoms with E-state index in [-0.39, 0.29) is 18.6 Å². The van der Waals surface area contributed by atoms with Crippen LogP contribution in [0.2, 0.25) is 0 Å². The van der Waals surface area contributed by atoms with Gasteiger partial charge in [-0.15, -0.1) is 0 Å². The van der Waals surface area contributed by atoms with Crippen molar-refractivity contribution in [3.8, 4) is 0 Å². The topological polar surface area (TPSA) is 81.2 Å². The van der Waals surface area contributed by atoms with Crippen LogP contribution < -0.4 is 5.32 Å². The Labute approximate surface area is 153 Å². The van der Waals surface area contributed by atoms with Gasteiger partial charge in [0, 0.05) is 6.04 Å². The number of esters is 1. The molecule has 0 aliphatic heterocycles. The summed E-state index contributed by atoms with van der Waals surface area (Å²) in [5.74, 6) is -0.308.